The highest BCUT2D eigenvalue weighted by Gasteiger charge is 2.25. The van der Waals surface area contributed by atoms with Crippen molar-refractivity contribution in [2.45, 2.75) is 26.3 Å². The summed E-state index contributed by atoms with van der Waals surface area (Å²) in [7, 11) is 0. The summed E-state index contributed by atoms with van der Waals surface area (Å²) in [6, 6.07) is 8.84. The second-order valence-electron chi connectivity index (χ2n) is 6.70. The van der Waals surface area contributed by atoms with Gasteiger partial charge in [-0.3, -0.25) is 14.3 Å². The van der Waals surface area contributed by atoms with E-state index < -0.39 is 0 Å². The van der Waals surface area contributed by atoms with E-state index in [-0.39, 0.29) is 17.9 Å². The first-order chi connectivity index (χ1) is 12.5. The van der Waals surface area contributed by atoms with Crippen molar-refractivity contribution in [2.75, 3.05) is 26.2 Å². The molecule has 1 aromatic heterocycles. The predicted octanol–water partition coefficient (Wildman–Crippen LogP) is 3.11. The van der Waals surface area contributed by atoms with Gasteiger partial charge in [0.25, 0.3) is 11.8 Å². The molecule has 7 heteroatoms. The Labute approximate surface area is 158 Å². The third kappa shape index (κ3) is 3.90. The van der Waals surface area contributed by atoms with E-state index >= 15 is 0 Å². The predicted molar refractivity (Wildman–Crippen MR) is 100 cm³/mol. The highest BCUT2D eigenvalue weighted by molar-refractivity contribution is 6.30. The molecule has 6 nitrogen and oxygen atoms in total. The van der Waals surface area contributed by atoms with E-state index in [2.05, 4.69) is 5.10 Å². The van der Waals surface area contributed by atoms with E-state index in [1.165, 1.54) is 0 Å². The van der Waals surface area contributed by atoms with Crippen molar-refractivity contribution in [3.05, 3.63) is 52.8 Å². The standard InChI is InChI=1S/C19H23ClN4O2/c1-14(2)24-17(7-8-21-24)19(26)23-10-4-9-22(11-12-23)18(25)15-5-3-6-16(20)13-15/h3,5-8,13-14H,4,9-12H2,1-2H3. The fourth-order valence-electron chi connectivity index (χ4n) is 3.18. The van der Waals surface area contributed by atoms with E-state index in [1.807, 2.05) is 13.8 Å². The summed E-state index contributed by atoms with van der Waals surface area (Å²) in [6.07, 6.45) is 2.40. The van der Waals surface area contributed by atoms with Gasteiger partial charge in [-0.1, -0.05) is 17.7 Å². The van der Waals surface area contributed by atoms with Gasteiger partial charge in [-0.25, -0.2) is 0 Å². The van der Waals surface area contributed by atoms with Crippen molar-refractivity contribution in [1.29, 1.82) is 0 Å². The molecule has 0 spiro atoms. The molecule has 0 unspecified atom stereocenters. The van der Waals surface area contributed by atoms with Gasteiger partial charge < -0.3 is 9.80 Å². The van der Waals surface area contributed by atoms with Gasteiger partial charge in [0.05, 0.1) is 0 Å². The number of rotatable bonds is 3. The first-order valence-corrected chi connectivity index (χ1v) is 9.23. The first-order valence-electron chi connectivity index (χ1n) is 8.85. The zero-order valence-electron chi connectivity index (χ0n) is 15.1. The number of hydrogen-bond donors (Lipinski definition) is 0. The zero-order valence-corrected chi connectivity index (χ0v) is 15.8. The van der Waals surface area contributed by atoms with Crippen LogP contribution in [0.3, 0.4) is 0 Å². The molecule has 138 valence electrons. The topological polar surface area (TPSA) is 58.4 Å². The van der Waals surface area contributed by atoms with Crippen molar-refractivity contribution in [3.8, 4) is 0 Å². The molecule has 1 aromatic carbocycles. The molecule has 1 aliphatic heterocycles. The quantitative estimate of drug-likeness (QED) is 0.829. The van der Waals surface area contributed by atoms with Crippen LogP contribution in [0.5, 0.6) is 0 Å². The number of halogens is 1. The molecule has 0 bridgehead atoms. The lowest BCUT2D eigenvalue weighted by Crippen LogP contribution is -2.38. The summed E-state index contributed by atoms with van der Waals surface area (Å²) in [5.41, 5.74) is 1.17. The Hall–Kier alpha value is -2.34. The van der Waals surface area contributed by atoms with Gasteiger partial charge in [-0.15, -0.1) is 0 Å². The second-order valence-corrected chi connectivity index (χ2v) is 7.14. The van der Waals surface area contributed by atoms with Crippen LogP contribution in [0.2, 0.25) is 5.02 Å². The summed E-state index contributed by atoms with van der Waals surface area (Å²) in [4.78, 5) is 29.2. The zero-order chi connectivity index (χ0) is 18.7. The minimum absolute atomic E-state index is 0.0340. The van der Waals surface area contributed by atoms with Crippen LogP contribution in [0.15, 0.2) is 36.5 Å². The minimum Gasteiger partial charge on any atom is -0.337 e. The summed E-state index contributed by atoms with van der Waals surface area (Å²) in [6.45, 7) is 6.26. The van der Waals surface area contributed by atoms with Crippen molar-refractivity contribution < 1.29 is 9.59 Å². The first kappa shape index (κ1) is 18.5. The molecule has 3 rings (SSSR count). The van der Waals surface area contributed by atoms with Crippen molar-refractivity contribution in [2.24, 2.45) is 0 Å². The molecule has 0 atom stereocenters. The Balaban J connectivity index is 1.69. The van der Waals surface area contributed by atoms with Gasteiger partial charge in [-0.05, 0) is 44.5 Å². The van der Waals surface area contributed by atoms with Crippen LogP contribution in [0, 0.1) is 0 Å². The van der Waals surface area contributed by atoms with Crippen LogP contribution in [-0.4, -0.2) is 57.6 Å². The fraction of sp³-hybridized carbons (Fsp3) is 0.421. The second kappa shape index (κ2) is 7.91. The number of benzene rings is 1. The van der Waals surface area contributed by atoms with Crippen LogP contribution < -0.4 is 0 Å². The van der Waals surface area contributed by atoms with E-state index in [0.29, 0.717) is 42.5 Å². The van der Waals surface area contributed by atoms with Crippen LogP contribution in [-0.2, 0) is 0 Å². The number of amides is 2. The molecule has 1 fully saturated rings. The van der Waals surface area contributed by atoms with Gasteiger partial charge in [0, 0.05) is 49.0 Å². The average molecular weight is 375 g/mol. The molecular weight excluding hydrogens is 352 g/mol. The van der Waals surface area contributed by atoms with Gasteiger partial charge in [0.15, 0.2) is 0 Å². The minimum atomic E-state index is -0.0472. The molecule has 2 amide bonds. The molecular formula is C19H23ClN4O2. The van der Waals surface area contributed by atoms with Crippen LogP contribution in [0.1, 0.15) is 47.2 Å². The molecule has 26 heavy (non-hydrogen) atoms. The van der Waals surface area contributed by atoms with Gasteiger partial charge >= 0.3 is 0 Å². The molecule has 0 radical (unpaired) electrons. The Morgan fingerprint density at radius 1 is 1.04 bits per heavy atom. The van der Waals surface area contributed by atoms with Crippen molar-refractivity contribution >= 4 is 23.4 Å². The molecule has 2 aromatic rings. The summed E-state index contributed by atoms with van der Waals surface area (Å²) in [5, 5.41) is 4.78. The monoisotopic (exact) mass is 374 g/mol. The molecule has 0 saturated carbocycles. The number of carbonyl (C=O) groups excluding carboxylic acids is 2. The largest absolute Gasteiger partial charge is 0.337 e. The number of aromatic nitrogens is 2. The maximum atomic E-state index is 12.9. The maximum absolute atomic E-state index is 12.9. The Bertz CT molecular complexity index is 802. The lowest BCUT2D eigenvalue weighted by atomic mass is 10.2. The number of hydrogen-bond acceptors (Lipinski definition) is 3. The lowest BCUT2D eigenvalue weighted by Gasteiger charge is -2.23. The van der Waals surface area contributed by atoms with Gasteiger partial charge in [0.1, 0.15) is 5.69 Å². The Morgan fingerprint density at radius 2 is 1.73 bits per heavy atom. The van der Waals surface area contributed by atoms with E-state index in [4.69, 9.17) is 11.6 Å². The summed E-state index contributed by atoms with van der Waals surface area (Å²) < 4.78 is 1.74. The van der Waals surface area contributed by atoms with Gasteiger partial charge in [-0.2, -0.15) is 5.10 Å². The fourth-order valence-corrected chi connectivity index (χ4v) is 3.38. The third-order valence-corrected chi connectivity index (χ3v) is 4.76. The van der Waals surface area contributed by atoms with Crippen LogP contribution in [0.4, 0.5) is 0 Å². The smallest absolute Gasteiger partial charge is 0.272 e. The normalized spacial score (nSPS) is 15.2. The Morgan fingerprint density at radius 3 is 2.38 bits per heavy atom. The van der Waals surface area contributed by atoms with E-state index in [0.717, 1.165) is 6.42 Å². The van der Waals surface area contributed by atoms with Gasteiger partial charge in [0.2, 0.25) is 0 Å². The number of carbonyl (C=O) groups is 2. The highest BCUT2D eigenvalue weighted by atomic mass is 35.5. The van der Waals surface area contributed by atoms with E-state index in [9.17, 15) is 9.59 Å². The SMILES string of the molecule is CC(C)n1nccc1C(=O)N1CCCN(C(=O)c2cccc(Cl)c2)CC1. The molecule has 0 aliphatic carbocycles. The molecule has 0 N–H and O–H groups in total. The molecule has 1 saturated heterocycles. The highest BCUT2D eigenvalue weighted by Crippen LogP contribution is 2.16. The third-order valence-electron chi connectivity index (χ3n) is 4.52. The lowest BCUT2D eigenvalue weighted by molar-refractivity contribution is 0.0711. The molecule has 2 heterocycles. The number of nitrogens with zero attached hydrogens (tertiary/aromatic N) is 4. The average Bonchev–Trinajstić information content (AvgIpc) is 2.99. The summed E-state index contributed by atoms with van der Waals surface area (Å²) in [5.74, 6) is -0.0812. The van der Waals surface area contributed by atoms with Crippen molar-refractivity contribution in [3.63, 3.8) is 0 Å². The Kier molecular flexibility index (Phi) is 5.61. The maximum Gasteiger partial charge on any atom is 0.272 e. The molecule has 1 aliphatic rings. The van der Waals surface area contributed by atoms with E-state index in [1.54, 1.807) is 51.0 Å². The van der Waals surface area contributed by atoms with Crippen LogP contribution >= 0.6 is 11.6 Å². The summed E-state index contributed by atoms with van der Waals surface area (Å²) >= 11 is 5.99. The van der Waals surface area contributed by atoms with Crippen LogP contribution in [0.25, 0.3) is 0 Å². The van der Waals surface area contributed by atoms with Crippen molar-refractivity contribution in [1.82, 2.24) is 19.6 Å².